The van der Waals surface area contributed by atoms with E-state index < -0.39 is 5.82 Å². The van der Waals surface area contributed by atoms with E-state index >= 15 is 0 Å². The lowest BCUT2D eigenvalue weighted by molar-refractivity contribution is -0.115. The molecule has 0 aliphatic carbocycles. The first-order valence-corrected chi connectivity index (χ1v) is 7.90. The summed E-state index contributed by atoms with van der Waals surface area (Å²) in [6.45, 7) is 1.84. The number of hydrogen-bond acceptors (Lipinski definition) is 4. The fourth-order valence-electron chi connectivity index (χ4n) is 2.10. The minimum Gasteiger partial charge on any atom is -0.323 e. The van der Waals surface area contributed by atoms with Gasteiger partial charge < -0.3 is 5.32 Å². The molecule has 0 radical (unpaired) electrons. The monoisotopic (exact) mass is 327 g/mol. The Morgan fingerprint density at radius 1 is 1.35 bits per heavy atom. The summed E-state index contributed by atoms with van der Waals surface area (Å²) < 4.78 is 13.7. The zero-order valence-corrected chi connectivity index (χ0v) is 13.2. The second kappa shape index (κ2) is 6.66. The highest BCUT2D eigenvalue weighted by Crippen LogP contribution is 2.23. The van der Waals surface area contributed by atoms with Crippen molar-refractivity contribution in [1.29, 1.82) is 0 Å². The first-order chi connectivity index (χ1) is 11.1. The average molecular weight is 327 g/mol. The summed E-state index contributed by atoms with van der Waals surface area (Å²) in [5.74, 6) is -0.740. The summed E-state index contributed by atoms with van der Waals surface area (Å²) in [6.07, 6.45) is 3.52. The van der Waals surface area contributed by atoms with Gasteiger partial charge in [-0.1, -0.05) is 6.07 Å². The molecule has 0 aliphatic rings. The molecule has 0 saturated heterocycles. The normalized spacial score (nSPS) is 10.5. The van der Waals surface area contributed by atoms with Crippen LogP contribution in [0.25, 0.3) is 10.6 Å². The van der Waals surface area contributed by atoms with Crippen molar-refractivity contribution in [3.05, 3.63) is 65.2 Å². The number of benzene rings is 1. The third-order valence-electron chi connectivity index (χ3n) is 3.20. The van der Waals surface area contributed by atoms with Crippen molar-refractivity contribution in [1.82, 2.24) is 9.97 Å². The molecule has 0 fully saturated rings. The number of aryl methyl sites for hydroxylation is 1. The maximum Gasteiger partial charge on any atom is 0.230 e. The van der Waals surface area contributed by atoms with Gasteiger partial charge in [-0.25, -0.2) is 9.37 Å². The highest BCUT2D eigenvalue weighted by molar-refractivity contribution is 7.13. The van der Waals surface area contributed by atoms with E-state index in [2.05, 4.69) is 15.3 Å². The van der Waals surface area contributed by atoms with E-state index in [1.807, 2.05) is 24.4 Å². The highest BCUT2D eigenvalue weighted by Gasteiger charge is 2.11. The maximum absolute atomic E-state index is 13.7. The van der Waals surface area contributed by atoms with Crippen molar-refractivity contribution < 1.29 is 9.18 Å². The van der Waals surface area contributed by atoms with Gasteiger partial charge in [-0.2, -0.15) is 0 Å². The summed E-state index contributed by atoms with van der Waals surface area (Å²) in [5, 5.41) is 5.22. The van der Waals surface area contributed by atoms with E-state index in [4.69, 9.17) is 0 Å². The predicted octanol–water partition coefficient (Wildman–Crippen LogP) is 3.83. The number of rotatable bonds is 4. The standard InChI is InChI=1S/C17H14FN3OS/c1-11-4-5-14(18)15(7-11)21-16(22)8-13-10-23-17(20-13)12-3-2-6-19-9-12/h2-7,9-10H,8H2,1H3,(H,21,22). The SMILES string of the molecule is Cc1ccc(F)c(NC(=O)Cc2csc(-c3cccnc3)n2)c1. The fourth-order valence-corrected chi connectivity index (χ4v) is 2.91. The lowest BCUT2D eigenvalue weighted by Gasteiger charge is -2.06. The number of halogens is 1. The number of hydrogen-bond donors (Lipinski definition) is 1. The third-order valence-corrected chi connectivity index (χ3v) is 4.14. The van der Waals surface area contributed by atoms with Crippen molar-refractivity contribution in [2.24, 2.45) is 0 Å². The minimum atomic E-state index is -0.446. The number of aromatic nitrogens is 2. The van der Waals surface area contributed by atoms with Crippen LogP contribution in [-0.4, -0.2) is 15.9 Å². The van der Waals surface area contributed by atoms with Crippen LogP contribution in [0.15, 0.2) is 48.1 Å². The molecule has 0 atom stereocenters. The van der Waals surface area contributed by atoms with Gasteiger partial charge in [-0.3, -0.25) is 9.78 Å². The molecular weight excluding hydrogens is 313 g/mol. The number of carbonyl (C=O) groups is 1. The third kappa shape index (κ3) is 3.78. The van der Waals surface area contributed by atoms with Gasteiger partial charge in [0.15, 0.2) is 0 Å². The number of thiazole rings is 1. The summed E-state index contributed by atoms with van der Waals surface area (Å²) >= 11 is 1.45. The van der Waals surface area contributed by atoms with Gasteiger partial charge in [0.1, 0.15) is 10.8 Å². The molecule has 3 rings (SSSR count). The van der Waals surface area contributed by atoms with E-state index in [0.29, 0.717) is 5.69 Å². The Kier molecular flexibility index (Phi) is 4.43. The molecule has 0 unspecified atom stereocenters. The van der Waals surface area contributed by atoms with Crippen molar-refractivity contribution >= 4 is 22.9 Å². The van der Waals surface area contributed by atoms with E-state index in [0.717, 1.165) is 16.1 Å². The number of anilines is 1. The Hall–Kier alpha value is -2.60. The molecule has 3 aromatic rings. The van der Waals surface area contributed by atoms with Crippen molar-refractivity contribution in [3.63, 3.8) is 0 Å². The summed E-state index contributed by atoms with van der Waals surface area (Å²) in [6, 6.07) is 8.36. The first kappa shape index (κ1) is 15.3. The van der Waals surface area contributed by atoms with Crippen LogP contribution in [-0.2, 0) is 11.2 Å². The van der Waals surface area contributed by atoms with Gasteiger partial charge in [0.2, 0.25) is 5.91 Å². The summed E-state index contributed by atoms with van der Waals surface area (Å²) in [4.78, 5) is 20.5. The zero-order chi connectivity index (χ0) is 16.2. The molecule has 0 spiro atoms. The molecular formula is C17H14FN3OS. The predicted molar refractivity (Wildman–Crippen MR) is 88.8 cm³/mol. The van der Waals surface area contributed by atoms with Crippen molar-refractivity contribution in [3.8, 4) is 10.6 Å². The van der Waals surface area contributed by atoms with Gasteiger partial charge in [0.25, 0.3) is 0 Å². The highest BCUT2D eigenvalue weighted by atomic mass is 32.1. The lowest BCUT2D eigenvalue weighted by atomic mass is 10.2. The van der Waals surface area contributed by atoms with E-state index in [1.54, 1.807) is 24.5 Å². The second-order valence-electron chi connectivity index (χ2n) is 5.09. The van der Waals surface area contributed by atoms with E-state index in [1.165, 1.54) is 17.4 Å². The molecule has 0 saturated carbocycles. The second-order valence-corrected chi connectivity index (χ2v) is 5.95. The molecule has 0 aliphatic heterocycles. The van der Waals surface area contributed by atoms with Crippen molar-refractivity contribution in [2.45, 2.75) is 13.3 Å². The molecule has 1 aromatic carbocycles. The Labute approximate surface area is 137 Å². The van der Waals surface area contributed by atoms with Crippen LogP contribution in [0.5, 0.6) is 0 Å². The van der Waals surface area contributed by atoms with Gasteiger partial charge in [-0.05, 0) is 36.8 Å². The molecule has 1 N–H and O–H groups in total. The first-order valence-electron chi connectivity index (χ1n) is 7.02. The lowest BCUT2D eigenvalue weighted by Crippen LogP contribution is -2.15. The van der Waals surface area contributed by atoms with Crippen LogP contribution in [0.4, 0.5) is 10.1 Å². The van der Waals surface area contributed by atoms with E-state index in [9.17, 15) is 9.18 Å². The number of nitrogens with one attached hydrogen (secondary N) is 1. The van der Waals surface area contributed by atoms with Crippen LogP contribution in [0, 0.1) is 12.7 Å². The van der Waals surface area contributed by atoms with Crippen LogP contribution < -0.4 is 5.32 Å². The van der Waals surface area contributed by atoms with Gasteiger partial charge in [-0.15, -0.1) is 11.3 Å². The molecule has 4 nitrogen and oxygen atoms in total. The fraction of sp³-hybridized carbons (Fsp3) is 0.118. The van der Waals surface area contributed by atoms with Crippen LogP contribution in [0.3, 0.4) is 0 Å². The number of nitrogens with zero attached hydrogens (tertiary/aromatic N) is 2. The molecule has 6 heteroatoms. The number of pyridine rings is 1. The minimum absolute atomic E-state index is 0.101. The summed E-state index contributed by atoms with van der Waals surface area (Å²) in [5.41, 5.74) is 2.64. The van der Waals surface area contributed by atoms with Gasteiger partial charge in [0.05, 0.1) is 17.8 Å². The molecule has 2 aromatic heterocycles. The molecule has 0 bridgehead atoms. The van der Waals surface area contributed by atoms with Crippen LogP contribution >= 0.6 is 11.3 Å². The van der Waals surface area contributed by atoms with Crippen LogP contribution in [0.2, 0.25) is 0 Å². The number of carbonyl (C=O) groups excluding carboxylic acids is 1. The Morgan fingerprint density at radius 2 is 2.22 bits per heavy atom. The zero-order valence-electron chi connectivity index (χ0n) is 12.4. The molecule has 116 valence electrons. The maximum atomic E-state index is 13.7. The summed E-state index contributed by atoms with van der Waals surface area (Å²) in [7, 11) is 0. The largest absolute Gasteiger partial charge is 0.323 e. The quantitative estimate of drug-likeness (QED) is 0.792. The van der Waals surface area contributed by atoms with Gasteiger partial charge in [0, 0.05) is 23.3 Å². The topological polar surface area (TPSA) is 54.9 Å². The Bertz CT molecular complexity index is 833. The average Bonchev–Trinajstić information content (AvgIpc) is 3.00. The molecule has 2 heterocycles. The Morgan fingerprint density at radius 3 is 3.00 bits per heavy atom. The van der Waals surface area contributed by atoms with Gasteiger partial charge >= 0.3 is 0 Å². The van der Waals surface area contributed by atoms with Crippen molar-refractivity contribution in [2.75, 3.05) is 5.32 Å². The molecule has 1 amide bonds. The molecule has 23 heavy (non-hydrogen) atoms. The van der Waals surface area contributed by atoms with E-state index in [-0.39, 0.29) is 18.0 Å². The van der Waals surface area contributed by atoms with Crippen LogP contribution in [0.1, 0.15) is 11.3 Å². The Balaban J connectivity index is 1.69. The smallest absolute Gasteiger partial charge is 0.230 e. The number of amides is 1.